The second-order valence-corrected chi connectivity index (χ2v) is 7.31. The molecule has 0 saturated carbocycles. The lowest BCUT2D eigenvalue weighted by atomic mass is 10.0. The van der Waals surface area contributed by atoms with E-state index in [1.54, 1.807) is 11.0 Å². The molecule has 0 saturated heterocycles. The van der Waals surface area contributed by atoms with Gasteiger partial charge in [-0.1, -0.05) is 30.1 Å². The maximum atomic E-state index is 13.0. The van der Waals surface area contributed by atoms with Crippen LogP contribution in [0.4, 0.5) is 0 Å². The van der Waals surface area contributed by atoms with Crippen molar-refractivity contribution >= 4 is 29.1 Å². The first-order chi connectivity index (χ1) is 12.4. The van der Waals surface area contributed by atoms with Crippen molar-refractivity contribution in [1.29, 1.82) is 0 Å². The zero-order chi connectivity index (χ0) is 19.3. The second kappa shape index (κ2) is 9.31. The highest BCUT2D eigenvalue weighted by atomic mass is 35.5. The molecule has 1 aromatic rings. The van der Waals surface area contributed by atoms with Crippen molar-refractivity contribution in [3.8, 4) is 0 Å². The lowest BCUT2D eigenvalue weighted by Gasteiger charge is -2.27. The summed E-state index contributed by atoms with van der Waals surface area (Å²) < 4.78 is 0. The van der Waals surface area contributed by atoms with Gasteiger partial charge in [0, 0.05) is 18.2 Å². The number of aliphatic hydroxyl groups is 1. The van der Waals surface area contributed by atoms with E-state index in [9.17, 15) is 9.90 Å². The van der Waals surface area contributed by atoms with Gasteiger partial charge in [0.05, 0.1) is 16.6 Å². The predicted molar refractivity (Wildman–Crippen MR) is 106 cm³/mol. The Bertz CT molecular complexity index is 688. The van der Waals surface area contributed by atoms with Crippen molar-refractivity contribution in [2.75, 3.05) is 13.1 Å². The van der Waals surface area contributed by atoms with Crippen LogP contribution in [-0.4, -0.2) is 35.1 Å². The number of allylic oxidation sites excluding steroid dienone is 2. The van der Waals surface area contributed by atoms with E-state index in [4.69, 9.17) is 34.7 Å². The molecule has 5 N–H and O–H groups in total. The van der Waals surface area contributed by atoms with Gasteiger partial charge in [-0.05, 0) is 60.9 Å². The van der Waals surface area contributed by atoms with Crippen LogP contribution in [0, 0.1) is 5.92 Å². The summed E-state index contributed by atoms with van der Waals surface area (Å²) >= 11 is 12.2. The van der Waals surface area contributed by atoms with Gasteiger partial charge in [-0.2, -0.15) is 0 Å². The largest absolute Gasteiger partial charge is 0.405 e. The molecule has 1 atom stereocenters. The summed E-state index contributed by atoms with van der Waals surface area (Å²) in [4.78, 5) is 14.7. The summed E-state index contributed by atoms with van der Waals surface area (Å²) in [6, 6.07) is 3.68. The Labute approximate surface area is 164 Å². The Morgan fingerprint density at radius 2 is 1.92 bits per heavy atom. The molecular weight excluding hydrogens is 373 g/mol. The number of carbonyl (C=O) groups is 1. The zero-order valence-corrected chi connectivity index (χ0v) is 16.3. The fraction of sp³-hybridized carbons (Fsp3) is 0.421. The number of benzene rings is 1. The van der Waals surface area contributed by atoms with Crippen molar-refractivity contribution in [2.24, 2.45) is 17.4 Å². The molecule has 5 nitrogen and oxygen atoms in total. The third-order valence-corrected chi connectivity index (χ3v) is 5.23. The molecular formula is C19H25Cl2N3O2. The number of hydrogen-bond acceptors (Lipinski definition) is 4. The second-order valence-electron chi connectivity index (χ2n) is 6.49. The standard InChI is InChI=1S/C19H25Cl2N3O2/c1-2-6-24(11-18(25)17(23)4-3-5-22)19(26)14-7-12-9-15(20)16(21)10-13(12)8-14/h3-5,9-10,14,18,25H,2,6-8,11,22-23H2,1H3/b5-3-,17-4-. The van der Waals surface area contributed by atoms with E-state index in [0.717, 1.165) is 17.5 Å². The summed E-state index contributed by atoms with van der Waals surface area (Å²) in [6.45, 7) is 2.71. The molecule has 0 spiro atoms. The molecule has 0 aromatic heterocycles. The van der Waals surface area contributed by atoms with Crippen molar-refractivity contribution in [3.63, 3.8) is 0 Å². The molecule has 0 fully saturated rings. The van der Waals surface area contributed by atoms with Crippen LogP contribution in [0.2, 0.25) is 10.0 Å². The minimum absolute atomic E-state index is 0.0107. The molecule has 1 aliphatic carbocycles. The Balaban J connectivity index is 2.09. The van der Waals surface area contributed by atoms with Gasteiger partial charge in [-0.15, -0.1) is 0 Å². The highest BCUT2D eigenvalue weighted by Gasteiger charge is 2.32. The molecule has 2 rings (SSSR count). The number of hydrogen-bond donors (Lipinski definition) is 3. The van der Waals surface area contributed by atoms with Gasteiger partial charge in [0.25, 0.3) is 0 Å². The van der Waals surface area contributed by atoms with E-state index in [1.807, 2.05) is 19.1 Å². The first kappa shape index (κ1) is 20.6. The smallest absolute Gasteiger partial charge is 0.226 e. The fourth-order valence-corrected chi connectivity index (χ4v) is 3.57. The van der Waals surface area contributed by atoms with Crippen molar-refractivity contribution in [3.05, 3.63) is 57.4 Å². The average molecular weight is 398 g/mol. The zero-order valence-electron chi connectivity index (χ0n) is 14.8. The van der Waals surface area contributed by atoms with Crippen molar-refractivity contribution in [1.82, 2.24) is 4.90 Å². The number of halogens is 2. The summed E-state index contributed by atoms with van der Waals surface area (Å²) in [7, 11) is 0. The molecule has 0 heterocycles. The van der Waals surface area contributed by atoms with Gasteiger partial charge in [0.15, 0.2) is 0 Å². The van der Waals surface area contributed by atoms with Crippen molar-refractivity contribution < 1.29 is 9.90 Å². The highest BCUT2D eigenvalue weighted by Crippen LogP contribution is 2.34. The van der Waals surface area contributed by atoms with E-state index in [0.29, 0.717) is 29.4 Å². The molecule has 142 valence electrons. The third-order valence-electron chi connectivity index (χ3n) is 4.51. The number of amides is 1. The number of nitrogens with two attached hydrogens (primary N) is 2. The third kappa shape index (κ3) is 4.93. The summed E-state index contributed by atoms with van der Waals surface area (Å²) in [5.74, 6) is -0.163. The Kier molecular flexibility index (Phi) is 7.38. The van der Waals surface area contributed by atoms with Crippen LogP contribution in [0.1, 0.15) is 24.5 Å². The topological polar surface area (TPSA) is 92.6 Å². The summed E-state index contributed by atoms with van der Waals surface area (Å²) in [6.07, 6.45) is 5.53. The van der Waals surface area contributed by atoms with Gasteiger partial charge in [0.1, 0.15) is 6.10 Å². The molecule has 1 unspecified atom stereocenters. The Hall–Kier alpha value is -1.69. The van der Waals surface area contributed by atoms with E-state index in [2.05, 4.69) is 0 Å². The van der Waals surface area contributed by atoms with Gasteiger partial charge in [-0.25, -0.2) is 0 Å². The van der Waals surface area contributed by atoms with E-state index >= 15 is 0 Å². The Morgan fingerprint density at radius 1 is 1.35 bits per heavy atom. The monoisotopic (exact) mass is 397 g/mol. The predicted octanol–water partition coefficient (Wildman–Crippen LogP) is 2.62. The lowest BCUT2D eigenvalue weighted by Crippen LogP contribution is -2.43. The molecule has 1 aromatic carbocycles. The maximum absolute atomic E-state index is 13.0. The summed E-state index contributed by atoms with van der Waals surface area (Å²) in [5.41, 5.74) is 13.5. The van der Waals surface area contributed by atoms with Crippen LogP contribution in [0.5, 0.6) is 0 Å². The minimum Gasteiger partial charge on any atom is -0.405 e. The van der Waals surface area contributed by atoms with Crippen LogP contribution in [0.15, 0.2) is 36.2 Å². The van der Waals surface area contributed by atoms with Crippen molar-refractivity contribution in [2.45, 2.75) is 32.3 Å². The van der Waals surface area contributed by atoms with Crippen LogP contribution in [0.3, 0.4) is 0 Å². The number of fused-ring (bicyclic) bond motifs is 1. The molecule has 0 bridgehead atoms. The molecule has 1 amide bonds. The van der Waals surface area contributed by atoms with Crippen LogP contribution in [-0.2, 0) is 17.6 Å². The van der Waals surface area contributed by atoms with Crippen LogP contribution < -0.4 is 11.5 Å². The quantitative estimate of drug-likeness (QED) is 0.616. The molecule has 0 aliphatic heterocycles. The van der Waals surface area contributed by atoms with Gasteiger partial charge in [-0.3, -0.25) is 4.79 Å². The fourth-order valence-electron chi connectivity index (χ4n) is 3.20. The average Bonchev–Trinajstić information content (AvgIpc) is 3.01. The van der Waals surface area contributed by atoms with Crippen LogP contribution in [0.25, 0.3) is 0 Å². The van der Waals surface area contributed by atoms with Gasteiger partial charge >= 0.3 is 0 Å². The summed E-state index contributed by atoms with van der Waals surface area (Å²) in [5, 5.41) is 11.3. The molecule has 0 radical (unpaired) electrons. The Morgan fingerprint density at radius 3 is 2.42 bits per heavy atom. The van der Waals surface area contributed by atoms with E-state index < -0.39 is 6.10 Å². The number of nitrogens with zero attached hydrogens (tertiary/aromatic N) is 1. The molecule has 7 heteroatoms. The van der Waals surface area contributed by atoms with E-state index in [1.165, 1.54) is 12.3 Å². The minimum atomic E-state index is -0.936. The highest BCUT2D eigenvalue weighted by molar-refractivity contribution is 6.42. The maximum Gasteiger partial charge on any atom is 0.226 e. The van der Waals surface area contributed by atoms with Gasteiger partial charge in [0.2, 0.25) is 5.91 Å². The normalized spacial score (nSPS) is 16.1. The van der Waals surface area contributed by atoms with Crippen LogP contribution >= 0.6 is 23.2 Å². The first-order valence-electron chi connectivity index (χ1n) is 8.64. The first-order valence-corrected chi connectivity index (χ1v) is 9.40. The number of rotatable bonds is 7. The lowest BCUT2D eigenvalue weighted by molar-refractivity contribution is -0.136. The SMILES string of the molecule is CCCN(CC(O)/C(N)=C/C=C\N)C(=O)C1Cc2cc(Cl)c(Cl)cc2C1. The number of aliphatic hydroxyl groups excluding tert-OH is 1. The van der Waals surface area contributed by atoms with E-state index in [-0.39, 0.29) is 24.1 Å². The molecule has 1 aliphatic rings. The number of carbonyl (C=O) groups excluding carboxylic acids is 1. The van der Waals surface area contributed by atoms with Gasteiger partial charge < -0.3 is 21.5 Å². The molecule has 26 heavy (non-hydrogen) atoms.